The van der Waals surface area contributed by atoms with Gasteiger partial charge in [0.1, 0.15) is 17.3 Å². The molecule has 2 rings (SSSR count). The molecule has 0 amide bonds. The van der Waals surface area contributed by atoms with Gasteiger partial charge in [-0.3, -0.25) is 0 Å². The molecule has 1 aliphatic heterocycles. The molecule has 0 spiro atoms. The van der Waals surface area contributed by atoms with Crippen LogP contribution in [0, 0.1) is 0 Å². The molecule has 6 heteroatoms. The van der Waals surface area contributed by atoms with Crippen LogP contribution in [-0.4, -0.2) is 41.4 Å². The van der Waals surface area contributed by atoms with Crippen molar-refractivity contribution in [2.45, 2.75) is 13.0 Å². The number of aliphatic hydroxyl groups is 1. The van der Waals surface area contributed by atoms with E-state index in [0.29, 0.717) is 29.7 Å². The Bertz CT molecular complexity index is 367. The number of rotatable bonds is 2. The number of nitrogens with zero attached hydrogens (tertiary/aromatic N) is 3. The minimum Gasteiger partial charge on any atom is -0.388 e. The lowest BCUT2D eigenvalue weighted by atomic mass is 10.2. The van der Waals surface area contributed by atoms with Gasteiger partial charge in [0.2, 0.25) is 0 Å². The highest BCUT2D eigenvalue weighted by Crippen LogP contribution is 2.29. The topological polar surface area (TPSA) is 58.5 Å². The molecule has 1 fully saturated rings. The van der Waals surface area contributed by atoms with Crippen molar-refractivity contribution >= 4 is 17.4 Å². The zero-order chi connectivity index (χ0) is 11.5. The number of ether oxygens (including phenoxy) is 1. The molecule has 1 saturated heterocycles. The number of aromatic nitrogens is 2. The number of morpholine rings is 1. The fourth-order valence-corrected chi connectivity index (χ4v) is 2.04. The first-order valence-electron chi connectivity index (χ1n) is 5.21. The number of aliphatic hydroxyl groups excluding tert-OH is 1. The molecule has 0 radical (unpaired) electrons. The van der Waals surface area contributed by atoms with Gasteiger partial charge in [0.25, 0.3) is 0 Å². The molecule has 0 aliphatic carbocycles. The Morgan fingerprint density at radius 1 is 1.44 bits per heavy atom. The van der Waals surface area contributed by atoms with E-state index in [1.165, 1.54) is 6.33 Å². The van der Waals surface area contributed by atoms with E-state index < -0.39 is 6.10 Å². The molecule has 1 N–H and O–H groups in total. The molecule has 0 saturated carbocycles. The highest BCUT2D eigenvalue weighted by atomic mass is 35.5. The van der Waals surface area contributed by atoms with Crippen molar-refractivity contribution in [2.75, 3.05) is 31.2 Å². The molecule has 1 aliphatic rings. The first-order chi connectivity index (χ1) is 7.70. The van der Waals surface area contributed by atoms with Crippen LogP contribution in [0.5, 0.6) is 0 Å². The molecular weight excluding hydrogens is 230 g/mol. The number of anilines is 1. The van der Waals surface area contributed by atoms with Gasteiger partial charge in [-0.2, -0.15) is 0 Å². The monoisotopic (exact) mass is 243 g/mol. The van der Waals surface area contributed by atoms with Crippen LogP contribution in [-0.2, 0) is 4.74 Å². The second-order valence-corrected chi connectivity index (χ2v) is 4.04. The van der Waals surface area contributed by atoms with Gasteiger partial charge in [-0.25, -0.2) is 9.97 Å². The average Bonchev–Trinajstić information content (AvgIpc) is 2.29. The Hall–Kier alpha value is -0.910. The summed E-state index contributed by atoms with van der Waals surface area (Å²) in [6.45, 7) is 4.51. The van der Waals surface area contributed by atoms with Crippen LogP contribution in [0.3, 0.4) is 0 Å². The fraction of sp³-hybridized carbons (Fsp3) is 0.600. The van der Waals surface area contributed by atoms with Crippen LogP contribution in [0.2, 0.25) is 5.15 Å². The van der Waals surface area contributed by atoms with E-state index in [2.05, 4.69) is 14.9 Å². The standard InChI is InChI=1S/C10H14ClN3O2/c1-7(15)8-9(11)12-6-13-10(8)14-2-4-16-5-3-14/h6-7,15H,2-5H2,1H3/t7-/m1/s1. The molecule has 0 bridgehead atoms. The summed E-state index contributed by atoms with van der Waals surface area (Å²) in [5, 5.41) is 10.0. The summed E-state index contributed by atoms with van der Waals surface area (Å²) in [6.07, 6.45) is 0.741. The van der Waals surface area contributed by atoms with Crippen molar-refractivity contribution in [3.63, 3.8) is 0 Å². The van der Waals surface area contributed by atoms with Crippen LogP contribution in [0.25, 0.3) is 0 Å². The van der Waals surface area contributed by atoms with Gasteiger partial charge in [-0.15, -0.1) is 0 Å². The van der Waals surface area contributed by atoms with E-state index in [4.69, 9.17) is 16.3 Å². The first-order valence-corrected chi connectivity index (χ1v) is 5.59. The molecule has 16 heavy (non-hydrogen) atoms. The van der Waals surface area contributed by atoms with E-state index in [1.807, 2.05) is 0 Å². The van der Waals surface area contributed by atoms with Gasteiger partial charge in [-0.05, 0) is 6.92 Å². The van der Waals surface area contributed by atoms with Crippen LogP contribution >= 0.6 is 11.6 Å². The molecule has 1 aromatic rings. The lowest BCUT2D eigenvalue weighted by Gasteiger charge is -2.29. The Labute approximate surface area is 99.0 Å². The Kier molecular flexibility index (Phi) is 3.58. The van der Waals surface area contributed by atoms with E-state index in [1.54, 1.807) is 6.92 Å². The molecule has 0 unspecified atom stereocenters. The smallest absolute Gasteiger partial charge is 0.140 e. The summed E-state index contributed by atoms with van der Waals surface area (Å²) in [7, 11) is 0. The van der Waals surface area contributed by atoms with Crippen molar-refractivity contribution < 1.29 is 9.84 Å². The third-order valence-electron chi connectivity index (χ3n) is 2.54. The van der Waals surface area contributed by atoms with Crippen molar-refractivity contribution in [3.05, 3.63) is 17.0 Å². The van der Waals surface area contributed by atoms with E-state index >= 15 is 0 Å². The number of hydrogen-bond acceptors (Lipinski definition) is 5. The second-order valence-electron chi connectivity index (χ2n) is 3.68. The van der Waals surface area contributed by atoms with Crippen LogP contribution in [0.1, 0.15) is 18.6 Å². The summed E-state index contributed by atoms with van der Waals surface area (Å²) < 4.78 is 5.27. The molecule has 0 aromatic carbocycles. The highest BCUT2D eigenvalue weighted by Gasteiger charge is 2.21. The Morgan fingerprint density at radius 2 is 2.12 bits per heavy atom. The second kappa shape index (κ2) is 4.95. The molecule has 2 heterocycles. The predicted octanol–water partition coefficient (Wildman–Crippen LogP) is 1.02. The summed E-state index contributed by atoms with van der Waals surface area (Å²) in [4.78, 5) is 10.1. The molecular formula is C10H14ClN3O2. The maximum Gasteiger partial charge on any atom is 0.140 e. The van der Waals surface area contributed by atoms with E-state index in [9.17, 15) is 5.11 Å². The Balaban J connectivity index is 2.34. The van der Waals surface area contributed by atoms with Crippen molar-refractivity contribution in [3.8, 4) is 0 Å². The maximum absolute atomic E-state index is 9.69. The average molecular weight is 244 g/mol. The summed E-state index contributed by atoms with van der Waals surface area (Å²) in [5.41, 5.74) is 0.589. The SMILES string of the molecule is C[C@@H](O)c1c(Cl)ncnc1N1CCOCC1. The molecule has 88 valence electrons. The number of hydrogen-bond donors (Lipinski definition) is 1. The normalized spacial score (nSPS) is 18.6. The first kappa shape index (κ1) is 11.6. The van der Waals surface area contributed by atoms with Crippen LogP contribution in [0.15, 0.2) is 6.33 Å². The summed E-state index contributed by atoms with van der Waals surface area (Å²) >= 11 is 5.97. The van der Waals surface area contributed by atoms with Gasteiger partial charge in [0, 0.05) is 13.1 Å². The van der Waals surface area contributed by atoms with E-state index in [0.717, 1.165) is 13.1 Å². The minimum absolute atomic E-state index is 0.312. The van der Waals surface area contributed by atoms with Gasteiger partial charge in [0.05, 0.1) is 24.9 Å². The van der Waals surface area contributed by atoms with Gasteiger partial charge in [-0.1, -0.05) is 11.6 Å². The lowest BCUT2D eigenvalue weighted by Crippen LogP contribution is -2.37. The maximum atomic E-state index is 9.69. The minimum atomic E-state index is -0.674. The van der Waals surface area contributed by atoms with Crippen molar-refractivity contribution in [1.82, 2.24) is 9.97 Å². The highest BCUT2D eigenvalue weighted by molar-refractivity contribution is 6.30. The zero-order valence-electron chi connectivity index (χ0n) is 9.06. The number of halogens is 1. The van der Waals surface area contributed by atoms with Crippen molar-refractivity contribution in [1.29, 1.82) is 0 Å². The zero-order valence-corrected chi connectivity index (χ0v) is 9.81. The van der Waals surface area contributed by atoms with E-state index in [-0.39, 0.29) is 0 Å². The quantitative estimate of drug-likeness (QED) is 0.786. The fourth-order valence-electron chi connectivity index (χ4n) is 1.75. The third-order valence-corrected chi connectivity index (χ3v) is 2.84. The summed E-state index contributed by atoms with van der Waals surface area (Å²) in [5.74, 6) is 0.707. The molecule has 5 nitrogen and oxygen atoms in total. The van der Waals surface area contributed by atoms with Gasteiger partial charge in [0.15, 0.2) is 0 Å². The van der Waals surface area contributed by atoms with Crippen LogP contribution < -0.4 is 4.90 Å². The third kappa shape index (κ3) is 2.26. The summed E-state index contributed by atoms with van der Waals surface area (Å²) in [6, 6.07) is 0. The largest absolute Gasteiger partial charge is 0.388 e. The van der Waals surface area contributed by atoms with Gasteiger partial charge >= 0.3 is 0 Å². The predicted molar refractivity (Wildman–Crippen MR) is 60.7 cm³/mol. The molecule has 1 aromatic heterocycles. The lowest BCUT2D eigenvalue weighted by molar-refractivity contribution is 0.121. The molecule has 1 atom stereocenters. The van der Waals surface area contributed by atoms with Gasteiger partial charge < -0.3 is 14.7 Å². The van der Waals surface area contributed by atoms with Crippen LogP contribution in [0.4, 0.5) is 5.82 Å². The Morgan fingerprint density at radius 3 is 2.75 bits per heavy atom. The van der Waals surface area contributed by atoms with Crippen molar-refractivity contribution in [2.24, 2.45) is 0 Å².